The summed E-state index contributed by atoms with van der Waals surface area (Å²) in [5.74, 6) is 1.27. The maximum atomic E-state index is 2.28. The van der Waals surface area contributed by atoms with Gasteiger partial charge in [-0.15, -0.1) is 0 Å². The molecule has 0 aliphatic heterocycles. The highest BCUT2D eigenvalue weighted by atomic mass is 14.2. The first-order valence-corrected chi connectivity index (χ1v) is 6.55. The van der Waals surface area contributed by atoms with Crippen LogP contribution in [-0.4, -0.2) is 0 Å². The molecule has 16 heavy (non-hydrogen) atoms. The Morgan fingerprint density at radius 3 is 1.69 bits per heavy atom. The first-order chi connectivity index (χ1) is 7.45. The predicted molar refractivity (Wildman–Crippen MR) is 75.4 cm³/mol. The van der Waals surface area contributed by atoms with Gasteiger partial charge >= 0.3 is 0 Å². The summed E-state index contributed by atoms with van der Waals surface area (Å²) < 4.78 is 0. The van der Waals surface area contributed by atoms with Crippen molar-refractivity contribution in [1.82, 2.24) is 0 Å². The first kappa shape index (κ1) is 15.2. The monoisotopic (exact) mass is 220 g/mol. The molecule has 0 nitrogen and oxygen atoms in total. The quantitative estimate of drug-likeness (QED) is 0.610. The van der Waals surface area contributed by atoms with Gasteiger partial charge in [-0.25, -0.2) is 0 Å². The smallest absolute Gasteiger partial charge is 0.0213 e. The fourth-order valence-electron chi connectivity index (χ4n) is 2.39. The van der Waals surface area contributed by atoms with Gasteiger partial charge in [-0.3, -0.25) is 0 Å². The van der Waals surface area contributed by atoms with Crippen molar-refractivity contribution in [3.63, 3.8) is 0 Å². The van der Waals surface area contributed by atoms with Crippen LogP contribution in [0.15, 0.2) is 12.1 Å². The van der Waals surface area contributed by atoms with E-state index in [2.05, 4.69) is 53.7 Å². The predicted octanol–water partition coefficient (Wildman–Crippen LogP) is 5.58. The standard InChI is InChI=1S/C14H22.C2H6/c1-9(2)13-8-7-11(5)14(10(3)4)12(13)6;1-2/h7-10H,1-6H3;1-2H3. The van der Waals surface area contributed by atoms with Gasteiger partial charge in [-0.05, 0) is 47.9 Å². The second kappa shape index (κ2) is 6.73. The van der Waals surface area contributed by atoms with E-state index in [4.69, 9.17) is 0 Å². The summed E-state index contributed by atoms with van der Waals surface area (Å²) in [5.41, 5.74) is 5.97. The molecule has 0 radical (unpaired) electrons. The van der Waals surface area contributed by atoms with Gasteiger partial charge in [-0.1, -0.05) is 53.7 Å². The molecule has 0 aromatic heterocycles. The second-order valence-corrected chi connectivity index (χ2v) is 4.82. The van der Waals surface area contributed by atoms with Crippen molar-refractivity contribution < 1.29 is 0 Å². The Morgan fingerprint density at radius 2 is 1.31 bits per heavy atom. The van der Waals surface area contributed by atoms with Crippen LogP contribution in [0, 0.1) is 13.8 Å². The van der Waals surface area contributed by atoms with Gasteiger partial charge in [-0.2, -0.15) is 0 Å². The molecule has 0 heterocycles. The highest BCUT2D eigenvalue weighted by Crippen LogP contribution is 2.29. The topological polar surface area (TPSA) is 0 Å². The average Bonchev–Trinajstić information content (AvgIpc) is 2.19. The molecule has 0 N–H and O–H groups in total. The van der Waals surface area contributed by atoms with Gasteiger partial charge in [0.15, 0.2) is 0 Å². The Morgan fingerprint density at radius 1 is 0.812 bits per heavy atom. The Bertz CT molecular complexity index is 319. The molecule has 0 bridgehead atoms. The van der Waals surface area contributed by atoms with Crippen LogP contribution in [0.1, 0.15) is 75.6 Å². The normalized spacial score (nSPS) is 10.4. The molecule has 0 atom stereocenters. The van der Waals surface area contributed by atoms with Gasteiger partial charge in [0.2, 0.25) is 0 Å². The van der Waals surface area contributed by atoms with E-state index in [0.29, 0.717) is 11.8 Å². The molecule has 0 saturated heterocycles. The minimum Gasteiger partial charge on any atom is -0.0683 e. The van der Waals surface area contributed by atoms with Crippen molar-refractivity contribution in [3.05, 3.63) is 34.4 Å². The molecule has 0 amide bonds. The van der Waals surface area contributed by atoms with E-state index in [0.717, 1.165) is 0 Å². The number of aryl methyl sites for hydroxylation is 1. The van der Waals surface area contributed by atoms with E-state index in [-0.39, 0.29) is 0 Å². The molecule has 0 heteroatoms. The van der Waals surface area contributed by atoms with E-state index in [1.165, 1.54) is 22.3 Å². The van der Waals surface area contributed by atoms with Crippen molar-refractivity contribution in [1.29, 1.82) is 0 Å². The molecule has 0 aliphatic rings. The van der Waals surface area contributed by atoms with Crippen molar-refractivity contribution in [2.45, 2.75) is 67.2 Å². The van der Waals surface area contributed by atoms with Crippen LogP contribution in [0.4, 0.5) is 0 Å². The summed E-state index contributed by atoms with van der Waals surface area (Å²) in [4.78, 5) is 0. The third kappa shape index (κ3) is 3.37. The van der Waals surface area contributed by atoms with E-state index >= 15 is 0 Å². The van der Waals surface area contributed by atoms with Gasteiger partial charge in [0, 0.05) is 0 Å². The van der Waals surface area contributed by atoms with E-state index in [1.807, 2.05) is 13.8 Å². The second-order valence-electron chi connectivity index (χ2n) is 4.82. The largest absolute Gasteiger partial charge is 0.0683 e. The number of rotatable bonds is 2. The summed E-state index contributed by atoms with van der Waals surface area (Å²) in [6.07, 6.45) is 0. The third-order valence-electron chi connectivity index (χ3n) is 2.97. The molecule has 0 fully saturated rings. The molecule has 1 aromatic rings. The fourth-order valence-corrected chi connectivity index (χ4v) is 2.39. The first-order valence-electron chi connectivity index (χ1n) is 6.55. The van der Waals surface area contributed by atoms with Crippen LogP contribution in [0.3, 0.4) is 0 Å². The zero-order valence-corrected chi connectivity index (χ0v) is 12.3. The molecular weight excluding hydrogens is 192 g/mol. The average molecular weight is 220 g/mol. The lowest BCUT2D eigenvalue weighted by Gasteiger charge is -2.19. The summed E-state index contributed by atoms with van der Waals surface area (Å²) in [6.45, 7) is 17.6. The lowest BCUT2D eigenvalue weighted by molar-refractivity contribution is 0.810. The van der Waals surface area contributed by atoms with Crippen molar-refractivity contribution in [2.75, 3.05) is 0 Å². The molecule has 0 spiro atoms. The molecule has 1 aromatic carbocycles. The zero-order valence-electron chi connectivity index (χ0n) is 12.3. The van der Waals surface area contributed by atoms with Crippen molar-refractivity contribution in [2.24, 2.45) is 0 Å². The van der Waals surface area contributed by atoms with E-state index < -0.39 is 0 Å². The SMILES string of the molecule is CC.Cc1ccc(C(C)C)c(C)c1C(C)C. The van der Waals surface area contributed by atoms with Gasteiger partial charge < -0.3 is 0 Å². The van der Waals surface area contributed by atoms with Crippen molar-refractivity contribution in [3.8, 4) is 0 Å². The van der Waals surface area contributed by atoms with Crippen LogP contribution in [0.2, 0.25) is 0 Å². The lowest BCUT2D eigenvalue weighted by atomic mass is 9.87. The Labute approximate surface area is 102 Å². The number of benzene rings is 1. The third-order valence-corrected chi connectivity index (χ3v) is 2.97. The van der Waals surface area contributed by atoms with E-state index in [1.54, 1.807) is 0 Å². The minimum atomic E-state index is 0.632. The summed E-state index contributed by atoms with van der Waals surface area (Å²) >= 11 is 0. The Kier molecular flexibility index (Phi) is 6.40. The van der Waals surface area contributed by atoms with Crippen molar-refractivity contribution >= 4 is 0 Å². The van der Waals surface area contributed by atoms with Crippen LogP contribution < -0.4 is 0 Å². The van der Waals surface area contributed by atoms with Gasteiger partial charge in [0.1, 0.15) is 0 Å². The molecule has 0 aliphatic carbocycles. The fraction of sp³-hybridized carbons (Fsp3) is 0.625. The zero-order chi connectivity index (χ0) is 12.9. The maximum Gasteiger partial charge on any atom is -0.0213 e. The van der Waals surface area contributed by atoms with Crippen LogP contribution in [0.5, 0.6) is 0 Å². The molecule has 0 unspecified atom stereocenters. The Balaban J connectivity index is 0.00000106. The molecule has 0 saturated carbocycles. The molecule has 1 rings (SSSR count). The summed E-state index contributed by atoms with van der Waals surface area (Å²) in [7, 11) is 0. The molecular formula is C16H28. The van der Waals surface area contributed by atoms with Gasteiger partial charge in [0.05, 0.1) is 0 Å². The highest BCUT2D eigenvalue weighted by molar-refractivity contribution is 5.42. The number of hydrogen-bond donors (Lipinski definition) is 0. The lowest BCUT2D eigenvalue weighted by Crippen LogP contribution is -2.01. The molecule has 92 valence electrons. The Hall–Kier alpha value is -0.780. The van der Waals surface area contributed by atoms with Gasteiger partial charge in [0.25, 0.3) is 0 Å². The maximum absolute atomic E-state index is 2.28. The number of hydrogen-bond acceptors (Lipinski definition) is 0. The van der Waals surface area contributed by atoms with Crippen LogP contribution in [-0.2, 0) is 0 Å². The summed E-state index contributed by atoms with van der Waals surface area (Å²) in [6, 6.07) is 4.54. The van der Waals surface area contributed by atoms with Crippen LogP contribution in [0.25, 0.3) is 0 Å². The minimum absolute atomic E-state index is 0.632. The van der Waals surface area contributed by atoms with E-state index in [9.17, 15) is 0 Å². The highest BCUT2D eigenvalue weighted by Gasteiger charge is 2.12. The summed E-state index contributed by atoms with van der Waals surface area (Å²) in [5, 5.41) is 0. The van der Waals surface area contributed by atoms with Crippen LogP contribution >= 0.6 is 0 Å².